The molecule has 1 N–H and O–H groups in total. The predicted octanol–water partition coefficient (Wildman–Crippen LogP) is 2.11. The minimum absolute atomic E-state index is 0.262. The molecule has 0 saturated heterocycles. The van der Waals surface area contributed by atoms with Gasteiger partial charge in [0.1, 0.15) is 0 Å². The van der Waals surface area contributed by atoms with Gasteiger partial charge in [0, 0.05) is 6.92 Å². The molecule has 2 aromatic rings. The third kappa shape index (κ3) is 2.17. The number of aromatic nitrogens is 2. The number of benzene rings is 1. The highest BCUT2D eigenvalue weighted by Crippen LogP contribution is 2.25. The highest BCUT2D eigenvalue weighted by Gasteiger charge is 2.19. The number of nitrogens with zero attached hydrogens (tertiary/aromatic N) is 2. The van der Waals surface area contributed by atoms with E-state index in [1.807, 2.05) is 0 Å². The van der Waals surface area contributed by atoms with Crippen LogP contribution >= 0.6 is 0 Å². The number of anilines is 1. The molecule has 0 unspecified atom stereocenters. The van der Waals surface area contributed by atoms with Crippen molar-refractivity contribution in [2.75, 3.05) is 5.32 Å². The molecule has 0 aliphatic carbocycles. The fraction of sp³-hybridized carbons (Fsp3) is 0.100. The number of halogens is 3. The van der Waals surface area contributed by atoms with Gasteiger partial charge in [-0.2, -0.15) is 0 Å². The van der Waals surface area contributed by atoms with Crippen molar-refractivity contribution < 1.29 is 22.4 Å². The van der Waals surface area contributed by atoms with Crippen molar-refractivity contribution in [2.24, 2.45) is 0 Å². The number of hydrogen-bond donors (Lipinski definition) is 1. The van der Waals surface area contributed by atoms with E-state index in [0.29, 0.717) is 0 Å². The average molecular weight is 257 g/mol. The van der Waals surface area contributed by atoms with Crippen LogP contribution in [0.5, 0.6) is 0 Å². The Morgan fingerprint density at radius 3 is 2.61 bits per heavy atom. The zero-order valence-electron chi connectivity index (χ0n) is 9.00. The number of nitrogens with one attached hydrogen (secondary N) is 1. The van der Waals surface area contributed by atoms with Crippen LogP contribution in [0.4, 0.5) is 19.2 Å². The van der Waals surface area contributed by atoms with Gasteiger partial charge in [0.15, 0.2) is 17.5 Å². The Labute approximate surface area is 98.6 Å². The monoisotopic (exact) mass is 257 g/mol. The Kier molecular flexibility index (Phi) is 3.00. The van der Waals surface area contributed by atoms with Crippen LogP contribution in [0.2, 0.25) is 0 Å². The lowest BCUT2D eigenvalue weighted by molar-refractivity contribution is -0.114. The summed E-state index contributed by atoms with van der Waals surface area (Å²) in [6.45, 7) is 1.21. The van der Waals surface area contributed by atoms with Gasteiger partial charge in [-0.3, -0.25) is 10.1 Å². The summed E-state index contributed by atoms with van der Waals surface area (Å²) in [5.74, 6) is -5.22. The van der Waals surface area contributed by atoms with E-state index in [-0.39, 0.29) is 11.9 Å². The van der Waals surface area contributed by atoms with Crippen LogP contribution in [0.1, 0.15) is 6.92 Å². The summed E-state index contributed by atoms with van der Waals surface area (Å²) in [4.78, 5) is 10.7. The topological polar surface area (TPSA) is 68.0 Å². The van der Waals surface area contributed by atoms with Crippen LogP contribution in [0.25, 0.3) is 11.5 Å². The van der Waals surface area contributed by atoms with Crippen molar-refractivity contribution in [1.29, 1.82) is 0 Å². The average Bonchev–Trinajstić information content (AvgIpc) is 2.73. The van der Waals surface area contributed by atoms with Crippen LogP contribution in [-0.2, 0) is 4.79 Å². The van der Waals surface area contributed by atoms with E-state index < -0.39 is 28.9 Å². The van der Waals surface area contributed by atoms with Crippen molar-refractivity contribution >= 4 is 11.9 Å². The Morgan fingerprint density at radius 2 is 1.94 bits per heavy atom. The van der Waals surface area contributed by atoms with Gasteiger partial charge in [-0.1, -0.05) is 5.10 Å². The SMILES string of the molecule is CC(=O)Nc1nnc(-c2ccc(F)c(F)c2F)o1. The molecule has 0 atom stereocenters. The van der Waals surface area contributed by atoms with Crippen LogP contribution in [0, 0.1) is 17.5 Å². The molecule has 0 saturated carbocycles. The minimum atomic E-state index is -1.63. The van der Waals surface area contributed by atoms with Crippen molar-refractivity contribution in [1.82, 2.24) is 10.2 Å². The third-order valence-corrected chi connectivity index (χ3v) is 1.97. The van der Waals surface area contributed by atoms with Crippen LogP contribution < -0.4 is 5.32 Å². The maximum absolute atomic E-state index is 13.4. The molecule has 5 nitrogen and oxygen atoms in total. The molecule has 18 heavy (non-hydrogen) atoms. The zero-order valence-corrected chi connectivity index (χ0v) is 9.00. The summed E-state index contributed by atoms with van der Waals surface area (Å²) in [5.41, 5.74) is -0.391. The summed E-state index contributed by atoms with van der Waals surface area (Å²) in [6.07, 6.45) is 0. The molecule has 1 aromatic carbocycles. The summed E-state index contributed by atoms with van der Waals surface area (Å²) in [6, 6.07) is 1.43. The lowest BCUT2D eigenvalue weighted by Crippen LogP contribution is -2.05. The van der Waals surface area contributed by atoms with Crippen LogP contribution in [0.15, 0.2) is 16.5 Å². The molecule has 0 aliphatic rings. The first-order chi connectivity index (χ1) is 8.49. The van der Waals surface area contributed by atoms with Crippen LogP contribution in [0.3, 0.4) is 0 Å². The molecule has 2 rings (SSSR count). The first-order valence-corrected chi connectivity index (χ1v) is 4.74. The molecule has 1 amide bonds. The van der Waals surface area contributed by atoms with Gasteiger partial charge < -0.3 is 4.42 Å². The summed E-state index contributed by atoms with van der Waals surface area (Å²) in [5, 5.41) is 8.98. The number of rotatable bonds is 2. The van der Waals surface area contributed by atoms with Gasteiger partial charge in [-0.15, -0.1) is 5.10 Å². The summed E-state index contributed by atoms with van der Waals surface area (Å²) < 4.78 is 44.0. The maximum Gasteiger partial charge on any atom is 0.322 e. The zero-order chi connectivity index (χ0) is 13.3. The first-order valence-electron chi connectivity index (χ1n) is 4.74. The van der Waals surface area contributed by atoms with Gasteiger partial charge >= 0.3 is 6.01 Å². The normalized spacial score (nSPS) is 10.4. The lowest BCUT2D eigenvalue weighted by atomic mass is 10.2. The molecule has 0 fully saturated rings. The maximum atomic E-state index is 13.4. The molecule has 94 valence electrons. The smallest absolute Gasteiger partial charge is 0.322 e. The standard InChI is InChI=1S/C10H6F3N3O2/c1-4(17)14-10-16-15-9(18-10)5-2-3-6(11)8(13)7(5)12/h2-3H,1H3,(H,14,16,17). The highest BCUT2D eigenvalue weighted by molar-refractivity contribution is 5.86. The van der Waals surface area contributed by atoms with Gasteiger partial charge in [0.2, 0.25) is 5.91 Å². The van der Waals surface area contributed by atoms with E-state index in [4.69, 9.17) is 4.42 Å². The Hall–Kier alpha value is -2.38. The van der Waals surface area contributed by atoms with E-state index in [0.717, 1.165) is 12.1 Å². The largest absolute Gasteiger partial charge is 0.403 e. The lowest BCUT2D eigenvalue weighted by Gasteiger charge is -1.99. The second-order valence-corrected chi connectivity index (χ2v) is 3.32. The second-order valence-electron chi connectivity index (χ2n) is 3.32. The molecule has 1 heterocycles. The van der Waals surface area contributed by atoms with Gasteiger partial charge in [0.25, 0.3) is 5.89 Å². The van der Waals surface area contributed by atoms with E-state index >= 15 is 0 Å². The number of amides is 1. The van der Waals surface area contributed by atoms with E-state index in [1.54, 1.807) is 0 Å². The Morgan fingerprint density at radius 1 is 1.22 bits per heavy atom. The van der Waals surface area contributed by atoms with E-state index in [2.05, 4.69) is 15.5 Å². The van der Waals surface area contributed by atoms with Crippen molar-refractivity contribution in [3.05, 3.63) is 29.6 Å². The number of hydrogen-bond acceptors (Lipinski definition) is 4. The molecular formula is C10H6F3N3O2. The fourth-order valence-electron chi connectivity index (χ4n) is 1.22. The van der Waals surface area contributed by atoms with Crippen molar-refractivity contribution in [2.45, 2.75) is 6.92 Å². The van der Waals surface area contributed by atoms with Crippen molar-refractivity contribution in [3.63, 3.8) is 0 Å². The van der Waals surface area contributed by atoms with Gasteiger partial charge in [-0.25, -0.2) is 13.2 Å². The molecule has 0 aliphatic heterocycles. The molecule has 8 heteroatoms. The quantitative estimate of drug-likeness (QED) is 0.836. The van der Waals surface area contributed by atoms with E-state index in [1.165, 1.54) is 6.92 Å². The first kappa shape index (κ1) is 12.1. The highest BCUT2D eigenvalue weighted by atomic mass is 19.2. The van der Waals surface area contributed by atoms with Crippen LogP contribution in [-0.4, -0.2) is 16.1 Å². The fourth-order valence-corrected chi connectivity index (χ4v) is 1.22. The Balaban J connectivity index is 2.40. The predicted molar refractivity (Wildman–Crippen MR) is 53.9 cm³/mol. The molecule has 0 radical (unpaired) electrons. The number of carbonyl (C=O) groups is 1. The van der Waals surface area contributed by atoms with Gasteiger partial charge in [0.05, 0.1) is 5.56 Å². The Bertz CT molecular complexity index is 612. The summed E-state index contributed by atoms with van der Waals surface area (Å²) >= 11 is 0. The summed E-state index contributed by atoms with van der Waals surface area (Å²) in [7, 11) is 0. The van der Waals surface area contributed by atoms with Gasteiger partial charge in [-0.05, 0) is 12.1 Å². The molecule has 0 spiro atoms. The minimum Gasteiger partial charge on any atom is -0.403 e. The molecular weight excluding hydrogens is 251 g/mol. The van der Waals surface area contributed by atoms with E-state index in [9.17, 15) is 18.0 Å². The number of carbonyl (C=O) groups excluding carboxylic acids is 1. The molecule has 0 bridgehead atoms. The molecule has 1 aromatic heterocycles. The van der Waals surface area contributed by atoms with Crippen molar-refractivity contribution in [3.8, 4) is 11.5 Å². The second kappa shape index (κ2) is 4.47. The third-order valence-electron chi connectivity index (χ3n) is 1.97.